The molecule has 3 heterocycles. The van der Waals surface area contributed by atoms with E-state index in [0.717, 1.165) is 44.8 Å². The molecule has 3 aromatic carbocycles. The number of benzene rings is 3. The van der Waals surface area contributed by atoms with Gasteiger partial charge in [-0.1, -0.05) is 30.3 Å². The van der Waals surface area contributed by atoms with Crippen molar-refractivity contribution in [3.8, 4) is 27.7 Å². The number of hydrogen-bond donors (Lipinski definition) is 2. The SMILES string of the molecule is CC(C)(C)OC(=O)N1CCCC(COc2ccc(-c3cc4nccc(Oc5ccc(NC(=S)NC(=O)Cc6ccccc6)cc5F)c4s3)cc2)C1. The molecule has 1 aliphatic heterocycles. The first-order valence-electron chi connectivity index (χ1n) is 16.7. The maximum atomic E-state index is 15.2. The minimum absolute atomic E-state index is 0.0377. The van der Waals surface area contributed by atoms with Crippen molar-refractivity contribution in [1.82, 2.24) is 15.2 Å². The molecule has 0 saturated carbocycles. The van der Waals surface area contributed by atoms with Crippen molar-refractivity contribution in [2.75, 3.05) is 25.0 Å². The van der Waals surface area contributed by atoms with Gasteiger partial charge in [-0.25, -0.2) is 9.18 Å². The normalized spacial score (nSPS) is 14.5. The zero-order valence-corrected chi connectivity index (χ0v) is 30.2. The van der Waals surface area contributed by atoms with Gasteiger partial charge in [0.05, 0.1) is 23.2 Å². The first-order chi connectivity index (χ1) is 24.5. The quantitative estimate of drug-likeness (QED) is 0.145. The Labute approximate surface area is 305 Å². The highest BCUT2D eigenvalue weighted by Gasteiger charge is 2.28. The van der Waals surface area contributed by atoms with E-state index in [1.54, 1.807) is 23.2 Å². The van der Waals surface area contributed by atoms with Crippen LogP contribution in [0.15, 0.2) is 91.1 Å². The molecule has 1 unspecified atom stereocenters. The van der Waals surface area contributed by atoms with Crippen LogP contribution in [0.3, 0.4) is 0 Å². The molecule has 6 rings (SSSR count). The summed E-state index contributed by atoms with van der Waals surface area (Å²) < 4.78 is 33.7. The van der Waals surface area contributed by atoms with Crippen molar-refractivity contribution in [2.45, 2.75) is 45.6 Å². The lowest BCUT2D eigenvalue weighted by molar-refractivity contribution is -0.119. The van der Waals surface area contributed by atoms with Crippen LogP contribution in [0.5, 0.6) is 17.2 Å². The molecule has 51 heavy (non-hydrogen) atoms. The lowest BCUT2D eigenvalue weighted by Crippen LogP contribution is -2.44. The molecule has 12 heteroatoms. The fourth-order valence-electron chi connectivity index (χ4n) is 5.65. The van der Waals surface area contributed by atoms with Crippen molar-refractivity contribution >= 4 is 56.6 Å². The summed E-state index contributed by atoms with van der Waals surface area (Å²) in [5.41, 5.74) is 2.43. The van der Waals surface area contributed by atoms with Crippen molar-refractivity contribution in [1.29, 1.82) is 0 Å². The third-order valence-electron chi connectivity index (χ3n) is 8.04. The van der Waals surface area contributed by atoms with E-state index in [1.807, 2.05) is 81.4 Å². The number of hydrogen-bond acceptors (Lipinski definition) is 8. The molecule has 1 saturated heterocycles. The molecule has 0 spiro atoms. The average Bonchev–Trinajstić information content (AvgIpc) is 3.54. The number of carbonyl (C=O) groups is 2. The third-order valence-corrected chi connectivity index (χ3v) is 9.43. The molecule has 264 valence electrons. The van der Waals surface area contributed by atoms with Crippen molar-refractivity contribution < 1.29 is 28.2 Å². The molecular formula is C39H39FN4O5S2. The topological polar surface area (TPSA) is 102 Å². The summed E-state index contributed by atoms with van der Waals surface area (Å²) >= 11 is 6.75. The van der Waals surface area contributed by atoms with Crippen molar-refractivity contribution in [2.24, 2.45) is 5.92 Å². The standard InChI is InChI=1S/C39H39FN4O5S2/c1-39(2,3)49-38(46)44-19-7-10-26(23-44)24-47-29-14-11-27(12-15-29)34-22-31-36(51-34)33(17-18-41-31)48-32-16-13-28(21-30(32)40)42-37(50)43-35(45)20-25-8-5-4-6-9-25/h4-6,8-9,11-18,21-22,26H,7,10,19-20,23-24H2,1-3H3,(H2,42,43,45,50). The Kier molecular flexibility index (Phi) is 11.1. The Bertz CT molecular complexity index is 2010. The van der Waals surface area contributed by atoms with Crippen molar-refractivity contribution in [3.63, 3.8) is 0 Å². The van der Waals surface area contributed by atoms with Gasteiger partial charge in [0.1, 0.15) is 17.1 Å². The van der Waals surface area contributed by atoms with Crippen LogP contribution in [0.25, 0.3) is 20.7 Å². The lowest BCUT2D eigenvalue weighted by atomic mass is 9.99. The number of piperidine rings is 1. The molecule has 0 bridgehead atoms. The van der Waals surface area contributed by atoms with Gasteiger partial charge in [0.2, 0.25) is 5.91 Å². The molecule has 1 fully saturated rings. The van der Waals surface area contributed by atoms with Gasteiger partial charge in [-0.15, -0.1) is 11.3 Å². The number of fused-ring (bicyclic) bond motifs is 1. The summed E-state index contributed by atoms with van der Waals surface area (Å²) in [6, 6.07) is 25.3. The summed E-state index contributed by atoms with van der Waals surface area (Å²) in [6.45, 7) is 7.44. The Morgan fingerprint density at radius 2 is 1.80 bits per heavy atom. The van der Waals surface area contributed by atoms with Gasteiger partial charge in [0.25, 0.3) is 0 Å². The fraction of sp³-hybridized carbons (Fsp3) is 0.282. The Morgan fingerprint density at radius 1 is 1.02 bits per heavy atom. The Morgan fingerprint density at radius 3 is 2.55 bits per heavy atom. The summed E-state index contributed by atoms with van der Waals surface area (Å²) in [5.74, 6) is 0.625. The molecule has 9 nitrogen and oxygen atoms in total. The first-order valence-corrected chi connectivity index (χ1v) is 17.9. The summed E-state index contributed by atoms with van der Waals surface area (Å²) in [5, 5.41) is 5.54. The second kappa shape index (κ2) is 15.9. The zero-order valence-electron chi connectivity index (χ0n) is 28.6. The van der Waals surface area contributed by atoms with E-state index in [9.17, 15) is 9.59 Å². The van der Waals surface area contributed by atoms with E-state index in [1.165, 1.54) is 23.5 Å². The van der Waals surface area contributed by atoms with Crippen LogP contribution >= 0.6 is 23.6 Å². The number of rotatable bonds is 9. The number of halogens is 1. The van der Waals surface area contributed by atoms with Crippen LogP contribution in [0.1, 0.15) is 39.2 Å². The molecule has 1 aliphatic rings. The number of amides is 2. The number of ether oxygens (including phenoxy) is 3. The number of nitrogens with one attached hydrogen (secondary N) is 2. The third kappa shape index (κ3) is 9.80. The number of carbonyl (C=O) groups excluding carboxylic acids is 2. The van der Waals surface area contributed by atoms with Crippen LogP contribution < -0.4 is 20.1 Å². The molecule has 0 aliphatic carbocycles. The average molecular weight is 727 g/mol. The van der Waals surface area contributed by atoms with Crippen LogP contribution in [-0.2, 0) is 16.0 Å². The number of pyridine rings is 1. The molecule has 2 amide bonds. The van der Waals surface area contributed by atoms with Gasteiger partial charge in [-0.3, -0.25) is 9.78 Å². The monoisotopic (exact) mass is 726 g/mol. The second-order valence-corrected chi connectivity index (χ2v) is 14.8. The molecule has 5 aromatic rings. The van der Waals surface area contributed by atoms with E-state index in [2.05, 4.69) is 15.6 Å². The summed E-state index contributed by atoms with van der Waals surface area (Å²) in [4.78, 5) is 32.1. The smallest absolute Gasteiger partial charge is 0.410 e. The minimum atomic E-state index is -0.596. The van der Waals surface area contributed by atoms with Gasteiger partial charge in [-0.2, -0.15) is 0 Å². The second-order valence-electron chi connectivity index (χ2n) is 13.3. The number of thiocarbonyl (C=S) groups is 1. The Hall–Kier alpha value is -5.07. The van der Waals surface area contributed by atoms with Crippen molar-refractivity contribution in [3.05, 3.63) is 103 Å². The fourth-order valence-corrected chi connectivity index (χ4v) is 6.96. The van der Waals surface area contributed by atoms with Gasteiger partial charge in [-0.05, 0) is 99.4 Å². The lowest BCUT2D eigenvalue weighted by Gasteiger charge is -2.34. The van der Waals surface area contributed by atoms with E-state index < -0.39 is 11.4 Å². The predicted octanol–water partition coefficient (Wildman–Crippen LogP) is 8.98. The number of aromatic nitrogens is 1. The van der Waals surface area contributed by atoms with E-state index in [4.69, 9.17) is 26.4 Å². The van der Waals surface area contributed by atoms with Crippen LogP contribution in [-0.4, -0.2) is 52.3 Å². The first kappa shape index (κ1) is 35.7. The number of thiophene rings is 1. The van der Waals surface area contributed by atoms with Gasteiger partial charge in [0.15, 0.2) is 16.7 Å². The van der Waals surface area contributed by atoms with E-state index in [-0.39, 0.29) is 35.2 Å². The number of anilines is 1. The highest BCUT2D eigenvalue weighted by molar-refractivity contribution is 7.80. The number of likely N-dealkylation sites (tertiary alicyclic amines) is 1. The highest BCUT2D eigenvalue weighted by atomic mass is 32.1. The molecule has 2 aromatic heterocycles. The van der Waals surface area contributed by atoms with Crippen LogP contribution in [0.4, 0.5) is 14.9 Å². The van der Waals surface area contributed by atoms with Crippen LogP contribution in [0, 0.1) is 11.7 Å². The zero-order chi connectivity index (χ0) is 36.0. The summed E-state index contributed by atoms with van der Waals surface area (Å²) in [6.07, 6.45) is 3.43. The maximum absolute atomic E-state index is 15.2. The number of nitrogens with zero attached hydrogens (tertiary/aromatic N) is 2. The minimum Gasteiger partial charge on any atom is -0.493 e. The van der Waals surface area contributed by atoms with E-state index >= 15 is 4.39 Å². The Balaban J connectivity index is 1.05. The molecular weight excluding hydrogens is 688 g/mol. The maximum Gasteiger partial charge on any atom is 0.410 e. The van der Waals surface area contributed by atoms with Gasteiger partial charge >= 0.3 is 6.09 Å². The van der Waals surface area contributed by atoms with Gasteiger partial charge in [0, 0.05) is 47.9 Å². The molecule has 1 atom stereocenters. The molecule has 0 radical (unpaired) electrons. The largest absolute Gasteiger partial charge is 0.493 e. The van der Waals surface area contributed by atoms with E-state index in [0.29, 0.717) is 31.1 Å². The highest BCUT2D eigenvalue weighted by Crippen LogP contribution is 2.40. The summed E-state index contributed by atoms with van der Waals surface area (Å²) in [7, 11) is 0. The molecule has 2 N–H and O–H groups in total. The van der Waals surface area contributed by atoms with Gasteiger partial charge < -0.3 is 29.7 Å². The van der Waals surface area contributed by atoms with Crippen LogP contribution in [0.2, 0.25) is 0 Å². The predicted molar refractivity (Wildman–Crippen MR) is 202 cm³/mol.